The summed E-state index contributed by atoms with van der Waals surface area (Å²) in [6.07, 6.45) is 0. The van der Waals surface area contributed by atoms with Crippen molar-refractivity contribution in [2.75, 3.05) is 0 Å². The van der Waals surface area contributed by atoms with E-state index in [9.17, 15) is 0 Å². The lowest BCUT2D eigenvalue weighted by Crippen LogP contribution is -2.00. The molecule has 0 aromatic heterocycles. The fourth-order valence-corrected chi connectivity index (χ4v) is 0. The van der Waals surface area contributed by atoms with Crippen LogP contribution in [-0.4, -0.2) is 5.84 Å². The lowest BCUT2D eigenvalue weighted by Gasteiger charge is -1.66. The first-order chi connectivity index (χ1) is 1.73. The smallest absolute Gasteiger partial charge is 0.0873 e. The van der Waals surface area contributed by atoms with Gasteiger partial charge in [0.15, 0.2) is 0 Å². The lowest BCUT2D eigenvalue weighted by atomic mass is 10.8. The van der Waals surface area contributed by atoms with Crippen molar-refractivity contribution in [1.82, 2.24) is 12.3 Å². The summed E-state index contributed by atoms with van der Waals surface area (Å²) >= 11 is 0. The van der Waals surface area contributed by atoms with Crippen LogP contribution in [-0.2, 0) is 0 Å². The van der Waals surface area contributed by atoms with Gasteiger partial charge in [0, 0.05) is 0 Å². The van der Waals surface area contributed by atoms with Crippen LogP contribution in [0.1, 0.15) is 6.92 Å². The summed E-state index contributed by atoms with van der Waals surface area (Å²) in [6, 6.07) is 0. The zero-order valence-electron chi connectivity index (χ0n) is 3.99. The Balaban J connectivity index is -0.0000000450. The number of rotatable bonds is 0. The molecule has 0 saturated heterocycles. The highest BCUT2D eigenvalue weighted by atomic mass is 14.7. The number of nitrogens with one attached hydrogen (secondary N) is 1. The van der Waals surface area contributed by atoms with Gasteiger partial charge in [-0.1, -0.05) is 0 Å². The van der Waals surface area contributed by atoms with E-state index in [-0.39, 0.29) is 18.1 Å². The highest BCUT2D eigenvalue weighted by Gasteiger charge is 1.53. The Labute approximate surface area is 37.4 Å². The van der Waals surface area contributed by atoms with E-state index < -0.39 is 0 Å². The topological polar surface area (TPSA) is 120 Å². The first kappa shape index (κ1) is 18.2. The normalized spacial score (nSPS) is 4.17. The van der Waals surface area contributed by atoms with E-state index in [0.717, 1.165) is 0 Å². The highest BCUT2D eigenvalue weighted by molar-refractivity contribution is 5.73. The predicted molar refractivity (Wildman–Crippen MR) is 27.6 cm³/mol. The maximum absolute atomic E-state index is 6.28. The van der Waals surface area contributed by atoms with E-state index in [2.05, 4.69) is 0 Å². The number of hydrogen-bond donors (Lipinski definition) is 4. The summed E-state index contributed by atoms with van der Waals surface area (Å²) < 4.78 is 0. The third-order valence-corrected chi connectivity index (χ3v) is 0. The van der Waals surface area contributed by atoms with Gasteiger partial charge in [-0.2, -0.15) is 0 Å². The third-order valence-electron chi connectivity index (χ3n) is 0. The Hall–Kier alpha value is -0.610. The molecule has 0 unspecified atom stereocenters. The van der Waals surface area contributed by atoms with Crippen LogP contribution in [0.4, 0.5) is 0 Å². The van der Waals surface area contributed by atoms with Gasteiger partial charge < -0.3 is 18.0 Å². The molecule has 0 aliphatic heterocycles. The van der Waals surface area contributed by atoms with Crippen LogP contribution < -0.4 is 18.0 Å². The van der Waals surface area contributed by atoms with Crippen molar-refractivity contribution in [3.63, 3.8) is 0 Å². The first-order valence-corrected chi connectivity index (χ1v) is 1.04. The second-order valence-electron chi connectivity index (χ2n) is 0.683. The van der Waals surface area contributed by atoms with Crippen LogP contribution in [0.3, 0.4) is 0 Å². The maximum atomic E-state index is 6.28. The van der Waals surface area contributed by atoms with Crippen molar-refractivity contribution >= 4 is 5.84 Å². The van der Waals surface area contributed by atoms with Crippen LogP contribution in [0.15, 0.2) is 0 Å². The average molecular weight is 92.1 g/mol. The van der Waals surface area contributed by atoms with Gasteiger partial charge in [0.2, 0.25) is 0 Å². The van der Waals surface area contributed by atoms with Crippen molar-refractivity contribution in [1.29, 1.82) is 5.41 Å². The summed E-state index contributed by atoms with van der Waals surface area (Å²) in [5, 5.41) is 6.28. The molecule has 6 heavy (non-hydrogen) atoms. The molecule has 9 N–H and O–H groups in total. The number of amidine groups is 1. The minimum absolute atomic E-state index is 0. The van der Waals surface area contributed by atoms with Crippen LogP contribution in [0, 0.1) is 5.41 Å². The van der Waals surface area contributed by atoms with Crippen LogP contribution in [0.2, 0.25) is 0 Å². The molecule has 0 heterocycles. The Kier molecular flexibility index (Phi) is 26.8. The van der Waals surface area contributed by atoms with Crippen molar-refractivity contribution in [3.8, 4) is 0 Å². The summed E-state index contributed by atoms with van der Waals surface area (Å²) in [6.45, 7) is 1.53. The zero-order chi connectivity index (χ0) is 3.58. The first-order valence-electron chi connectivity index (χ1n) is 1.04. The second kappa shape index (κ2) is 8.83. The molecule has 0 aromatic rings. The largest absolute Gasteiger partial charge is 0.388 e. The molecular weight excluding hydrogens is 80.0 g/mol. The summed E-state index contributed by atoms with van der Waals surface area (Å²) in [7, 11) is 0. The second-order valence-corrected chi connectivity index (χ2v) is 0.683. The van der Waals surface area contributed by atoms with Gasteiger partial charge in [0.25, 0.3) is 0 Å². The molecule has 0 aliphatic carbocycles. The predicted octanol–water partition coefficient (Wildman–Crippen LogP) is 0.266. The molecule has 4 nitrogen and oxygen atoms in total. The van der Waals surface area contributed by atoms with Gasteiger partial charge in [-0.05, 0) is 6.92 Å². The standard InChI is InChI=1S/C2H6N2.2H3N/c1-2(3)4;;/h1H3,(H3,3,4);2*1H3. The average Bonchev–Trinajstić information content (AvgIpc) is 0.811. The van der Waals surface area contributed by atoms with E-state index in [1.165, 1.54) is 6.92 Å². The molecule has 0 bridgehead atoms. The van der Waals surface area contributed by atoms with Crippen molar-refractivity contribution < 1.29 is 0 Å². The molecule has 0 fully saturated rings. The number of nitrogens with two attached hydrogens (primary N) is 1. The molecule has 0 radical (unpaired) electrons. The molecule has 0 saturated carbocycles. The van der Waals surface area contributed by atoms with Gasteiger partial charge in [-0.25, -0.2) is 0 Å². The molecule has 0 aromatic carbocycles. The lowest BCUT2D eigenvalue weighted by molar-refractivity contribution is 1.42. The van der Waals surface area contributed by atoms with Gasteiger partial charge in [0.05, 0.1) is 5.84 Å². The summed E-state index contributed by atoms with van der Waals surface area (Å²) in [5.41, 5.74) is 4.69. The minimum Gasteiger partial charge on any atom is -0.388 e. The van der Waals surface area contributed by atoms with Crippen LogP contribution in [0.5, 0.6) is 0 Å². The van der Waals surface area contributed by atoms with Crippen LogP contribution in [0.25, 0.3) is 0 Å². The van der Waals surface area contributed by atoms with E-state index in [1.807, 2.05) is 0 Å². The quantitative estimate of drug-likeness (QED) is 0.253. The molecule has 4 heteroatoms. The summed E-state index contributed by atoms with van der Waals surface area (Å²) in [5.74, 6) is 0.167. The van der Waals surface area contributed by atoms with Crippen molar-refractivity contribution in [3.05, 3.63) is 0 Å². The Bertz CT molecular complexity index is 28.5. The zero-order valence-corrected chi connectivity index (χ0v) is 3.99. The summed E-state index contributed by atoms with van der Waals surface area (Å²) in [4.78, 5) is 0. The Morgan fingerprint density at radius 2 is 1.50 bits per heavy atom. The fraction of sp³-hybridized carbons (Fsp3) is 0.500. The van der Waals surface area contributed by atoms with Crippen molar-refractivity contribution in [2.24, 2.45) is 5.73 Å². The van der Waals surface area contributed by atoms with E-state index in [4.69, 9.17) is 11.1 Å². The number of hydrogen-bond acceptors (Lipinski definition) is 3. The third kappa shape index (κ3) is 52.0. The fourth-order valence-electron chi connectivity index (χ4n) is 0. The van der Waals surface area contributed by atoms with Crippen molar-refractivity contribution in [2.45, 2.75) is 6.92 Å². The SMILES string of the molecule is CC(=N)N.N.N. The maximum Gasteiger partial charge on any atom is 0.0873 e. The molecule has 0 aliphatic rings. The Morgan fingerprint density at radius 1 is 1.50 bits per heavy atom. The van der Waals surface area contributed by atoms with E-state index in [0.29, 0.717) is 0 Å². The van der Waals surface area contributed by atoms with E-state index in [1.54, 1.807) is 0 Å². The van der Waals surface area contributed by atoms with Gasteiger partial charge in [-0.15, -0.1) is 0 Å². The van der Waals surface area contributed by atoms with Crippen LogP contribution >= 0.6 is 0 Å². The minimum atomic E-state index is 0. The molecule has 0 spiro atoms. The highest BCUT2D eigenvalue weighted by Crippen LogP contribution is 1.36. The van der Waals surface area contributed by atoms with Gasteiger partial charge in [-0.3, -0.25) is 5.41 Å². The monoisotopic (exact) mass is 92.1 g/mol. The van der Waals surface area contributed by atoms with Gasteiger partial charge >= 0.3 is 0 Å². The molecule has 0 rings (SSSR count). The van der Waals surface area contributed by atoms with Gasteiger partial charge in [0.1, 0.15) is 0 Å². The Morgan fingerprint density at radius 3 is 1.50 bits per heavy atom. The molecule has 40 valence electrons. The molecule has 0 amide bonds. The molecular formula is C2H12N4. The van der Waals surface area contributed by atoms with E-state index >= 15 is 0 Å². The molecule has 0 atom stereocenters.